The largest absolute Gasteiger partial charge is 0.492 e. The molecule has 96 valence electrons. The third-order valence-corrected chi connectivity index (χ3v) is 2.83. The second-order valence-corrected chi connectivity index (χ2v) is 4.45. The van der Waals surface area contributed by atoms with E-state index >= 15 is 0 Å². The lowest BCUT2D eigenvalue weighted by atomic mass is 10.3. The van der Waals surface area contributed by atoms with Crippen LogP contribution in [0.3, 0.4) is 0 Å². The van der Waals surface area contributed by atoms with Crippen LogP contribution in [0, 0.1) is 0 Å². The highest BCUT2D eigenvalue weighted by atomic mass is 35.5. The molecule has 1 heterocycles. The Hall–Kier alpha value is -1.61. The number of ether oxygens (including phenoxy) is 1. The summed E-state index contributed by atoms with van der Waals surface area (Å²) < 4.78 is 5.53. The van der Waals surface area contributed by atoms with Gasteiger partial charge in [-0.05, 0) is 36.8 Å². The fraction of sp³-hybridized carbons (Fsp3) is 0.286. The Balaban J connectivity index is 1.95. The first kappa shape index (κ1) is 12.8. The highest BCUT2D eigenvalue weighted by Gasteiger charge is 2.02. The molecule has 0 unspecified atom stereocenters. The van der Waals surface area contributed by atoms with Gasteiger partial charge in [-0.3, -0.25) is 0 Å². The number of aromatic nitrogens is 1. The van der Waals surface area contributed by atoms with Crippen molar-refractivity contribution in [3.63, 3.8) is 0 Å². The molecule has 0 bridgehead atoms. The van der Waals surface area contributed by atoms with Crippen LogP contribution in [0.5, 0.6) is 5.75 Å². The average Bonchev–Trinajstić information content (AvgIpc) is 2.88. The van der Waals surface area contributed by atoms with E-state index < -0.39 is 0 Å². The summed E-state index contributed by atoms with van der Waals surface area (Å²) in [4.78, 5) is 3.14. The minimum Gasteiger partial charge on any atom is -0.492 e. The van der Waals surface area contributed by atoms with Gasteiger partial charge in [-0.25, -0.2) is 0 Å². The standard InChI is InChI=1S/C14H17ClN2O/c1-2-8-18-14-6-5-11(9-13(14)15)17-10-12-4-3-7-16-12/h3-7,9,16-17H,2,8,10H2,1H3. The molecule has 2 N–H and O–H groups in total. The summed E-state index contributed by atoms with van der Waals surface area (Å²) in [5.74, 6) is 0.740. The smallest absolute Gasteiger partial charge is 0.138 e. The third-order valence-electron chi connectivity index (χ3n) is 2.54. The van der Waals surface area contributed by atoms with E-state index in [1.165, 1.54) is 0 Å². The minimum atomic E-state index is 0.639. The molecular weight excluding hydrogens is 248 g/mol. The van der Waals surface area contributed by atoms with Crippen molar-refractivity contribution in [1.82, 2.24) is 4.98 Å². The van der Waals surface area contributed by atoms with Gasteiger partial charge in [-0.15, -0.1) is 0 Å². The predicted molar refractivity (Wildman–Crippen MR) is 75.4 cm³/mol. The van der Waals surface area contributed by atoms with E-state index in [0.717, 1.165) is 30.1 Å². The van der Waals surface area contributed by atoms with Crippen LogP contribution < -0.4 is 10.1 Å². The Morgan fingerprint density at radius 3 is 2.89 bits per heavy atom. The van der Waals surface area contributed by atoms with Crippen molar-refractivity contribution in [2.75, 3.05) is 11.9 Å². The maximum Gasteiger partial charge on any atom is 0.138 e. The van der Waals surface area contributed by atoms with Gasteiger partial charge < -0.3 is 15.0 Å². The van der Waals surface area contributed by atoms with Crippen LogP contribution in [0.25, 0.3) is 0 Å². The van der Waals surface area contributed by atoms with E-state index in [0.29, 0.717) is 11.6 Å². The first-order valence-corrected chi connectivity index (χ1v) is 6.46. The molecule has 0 spiro atoms. The van der Waals surface area contributed by atoms with E-state index in [2.05, 4.69) is 17.2 Å². The maximum absolute atomic E-state index is 6.15. The van der Waals surface area contributed by atoms with Crippen LogP contribution in [0.2, 0.25) is 5.02 Å². The summed E-state index contributed by atoms with van der Waals surface area (Å²) in [6.07, 6.45) is 2.88. The highest BCUT2D eigenvalue weighted by molar-refractivity contribution is 6.32. The van der Waals surface area contributed by atoms with Crippen LogP contribution in [0.1, 0.15) is 19.0 Å². The normalized spacial score (nSPS) is 10.3. The molecule has 2 rings (SSSR count). The van der Waals surface area contributed by atoms with Crippen molar-refractivity contribution in [2.24, 2.45) is 0 Å². The minimum absolute atomic E-state index is 0.639. The van der Waals surface area contributed by atoms with Crippen LogP contribution in [-0.4, -0.2) is 11.6 Å². The zero-order valence-corrected chi connectivity index (χ0v) is 11.1. The molecule has 0 aliphatic heterocycles. The van der Waals surface area contributed by atoms with Crippen molar-refractivity contribution in [3.8, 4) is 5.75 Å². The lowest BCUT2D eigenvalue weighted by Crippen LogP contribution is -2.00. The summed E-state index contributed by atoms with van der Waals surface area (Å²) >= 11 is 6.15. The van der Waals surface area contributed by atoms with Crippen molar-refractivity contribution in [2.45, 2.75) is 19.9 Å². The van der Waals surface area contributed by atoms with Crippen LogP contribution >= 0.6 is 11.6 Å². The first-order valence-electron chi connectivity index (χ1n) is 6.08. The topological polar surface area (TPSA) is 37.0 Å². The Kier molecular flexibility index (Phi) is 4.53. The van der Waals surface area contributed by atoms with Crippen LogP contribution in [0.4, 0.5) is 5.69 Å². The fourth-order valence-electron chi connectivity index (χ4n) is 1.61. The van der Waals surface area contributed by atoms with Gasteiger partial charge in [0.2, 0.25) is 0 Å². The molecule has 0 aliphatic rings. The number of benzene rings is 1. The summed E-state index contributed by atoms with van der Waals surface area (Å²) in [5, 5.41) is 3.94. The average molecular weight is 265 g/mol. The summed E-state index contributed by atoms with van der Waals surface area (Å²) in [5.41, 5.74) is 2.12. The van der Waals surface area contributed by atoms with E-state index in [9.17, 15) is 0 Å². The number of nitrogens with one attached hydrogen (secondary N) is 2. The zero-order valence-electron chi connectivity index (χ0n) is 10.4. The second-order valence-electron chi connectivity index (χ2n) is 4.04. The van der Waals surface area contributed by atoms with E-state index in [1.54, 1.807) is 0 Å². The maximum atomic E-state index is 6.15. The number of anilines is 1. The lowest BCUT2D eigenvalue weighted by Gasteiger charge is -2.10. The zero-order chi connectivity index (χ0) is 12.8. The van der Waals surface area contributed by atoms with Crippen LogP contribution in [0.15, 0.2) is 36.5 Å². The van der Waals surface area contributed by atoms with E-state index in [-0.39, 0.29) is 0 Å². The molecule has 18 heavy (non-hydrogen) atoms. The highest BCUT2D eigenvalue weighted by Crippen LogP contribution is 2.27. The Bertz CT molecular complexity index is 483. The van der Waals surface area contributed by atoms with Crippen molar-refractivity contribution in [3.05, 3.63) is 47.2 Å². The van der Waals surface area contributed by atoms with Gasteiger partial charge in [0.25, 0.3) is 0 Å². The molecule has 0 saturated heterocycles. The Morgan fingerprint density at radius 2 is 2.22 bits per heavy atom. The van der Waals surface area contributed by atoms with Gasteiger partial charge in [0.1, 0.15) is 5.75 Å². The molecule has 0 aliphatic carbocycles. The summed E-state index contributed by atoms with van der Waals surface area (Å²) in [6.45, 7) is 3.51. The van der Waals surface area contributed by atoms with Crippen molar-refractivity contribution < 1.29 is 4.74 Å². The Morgan fingerprint density at radius 1 is 1.33 bits per heavy atom. The fourth-order valence-corrected chi connectivity index (χ4v) is 1.85. The number of hydrogen-bond acceptors (Lipinski definition) is 2. The second kappa shape index (κ2) is 6.36. The molecule has 1 aromatic carbocycles. The van der Waals surface area contributed by atoms with E-state index in [4.69, 9.17) is 16.3 Å². The van der Waals surface area contributed by atoms with Gasteiger partial charge in [0.05, 0.1) is 18.2 Å². The first-order chi connectivity index (χ1) is 8.79. The van der Waals surface area contributed by atoms with Gasteiger partial charge in [0.15, 0.2) is 0 Å². The van der Waals surface area contributed by atoms with Crippen LogP contribution in [-0.2, 0) is 6.54 Å². The lowest BCUT2D eigenvalue weighted by molar-refractivity contribution is 0.317. The SMILES string of the molecule is CCCOc1ccc(NCc2ccc[nH]2)cc1Cl. The summed E-state index contributed by atoms with van der Waals surface area (Å²) in [7, 11) is 0. The van der Waals surface area contributed by atoms with Gasteiger partial charge in [-0.2, -0.15) is 0 Å². The number of aromatic amines is 1. The molecule has 0 fully saturated rings. The van der Waals surface area contributed by atoms with Gasteiger partial charge >= 0.3 is 0 Å². The third kappa shape index (κ3) is 3.44. The Labute approximate surface area is 112 Å². The number of rotatable bonds is 6. The molecule has 0 saturated carbocycles. The predicted octanol–water partition coefficient (Wildman–Crippen LogP) is 4.07. The molecular formula is C14H17ClN2O. The molecule has 1 aromatic heterocycles. The van der Waals surface area contributed by atoms with E-state index in [1.807, 2.05) is 36.5 Å². The van der Waals surface area contributed by atoms with Crippen molar-refractivity contribution >= 4 is 17.3 Å². The molecule has 2 aromatic rings. The monoisotopic (exact) mass is 264 g/mol. The number of hydrogen-bond donors (Lipinski definition) is 2. The number of halogens is 1. The molecule has 0 atom stereocenters. The number of H-pyrrole nitrogens is 1. The molecule has 0 amide bonds. The quantitative estimate of drug-likeness (QED) is 0.825. The summed E-state index contributed by atoms with van der Waals surface area (Å²) in [6, 6.07) is 9.77. The van der Waals surface area contributed by atoms with Crippen molar-refractivity contribution in [1.29, 1.82) is 0 Å². The van der Waals surface area contributed by atoms with Gasteiger partial charge in [0, 0.05) is 17.6 Å². The molecule has 3 nitrogen and oxygen atoms in total. The molecule has 0 radical (unpaired) electrons. The molecule has 4 heteroatoms. The van der Waals surface area contributed by atoms with Gasteiger partial charge in [-0.1, -0.05) is 18.5 Å².